The predicted molar refractivity (Wildman–Crippen MR) is 88.0 cm³/mol. The van der Waals surface area contributed by atoms with Crippen LogP contribution in [0.1, 0.15) is 39.5 Å². The summed E-state index contributed by atoms with van der Waals surface area (Å²) < 4.78 is 44.7. The topological polar surface area (TPSA) is 46.5 Å². The number of aliphatic hydroxyl groups excluding tert-OH is 1. The summed E-state index contributed by atoms with van der Waals surface area (Å²) in [6.07, 6.45) is 5.12. The van der Waals surface area contributed by atoms with Crippen molar-refractivity contribution in [2.75, 3.05) is 33.3 Å². The first-order chi connectivity index (χ1) is 11.0. The van der Waals surface area contributed by atoms with E-state index < -0.39 is 19.3 Å². The number of hydrogen-bond donors (Lipinski definition) is 1. The van der Waals surface area contributed by atoms with Crippen LogP contribution in [0.25, 0.3) is 0 Å². The fraction of sp³-hybridized carbons (Fsp3) is 0.800. The molecular weight excluding hydrogens is 329 g/mol. The summed E-state index contributed by atoms with van der Waals surface area (Å²) in [5.41, 5.74) is 0. The third-order valence-corrected chi connectivity index (χ3v) is 3.34. The number of nitrogens with zero attached hydrogens (tertiary/aromatic N) is 1. The van der Waals surface area contributed by atoms with E-state index in [0.29, 0.717) is 6.54 Å². The Morgan fingerprint density at radius 1 is 1.21 bits per heavy atom. The van der Waals surface area contributed by atoms with E-state index in [4.69, 9.17) is 4.74 Å². The fourth-order valence-corrected chi connectivity index (χ4v) is 2.17. The average molecular weight is 359 g/mol. The van der Waals surface area contributed by atoms with Gasteiger partial charge in [-0.1, -0.05) is 33.3 Å². The van der Waals surface area contributed by atoms with E-state index in [-0.39, 0.29) is 6.61 Å². The molecule has 1 unspecified atom stereocenters. The molecule has 24 heavy (non-hydrogen) atoms. The molecule has 0 amide bonds. The van der Waals surface area contributed by atoms with E-state index in [9.17, 15) is 27.2 Å². The first-order valence-corrected chi connectivity index (χ1v) is 8.15. The van der Waals surface area contributed by atoms with Crippen molar-refractivity contribution in [1.29, 1.82) is 0 Å². The highest BCUT2D eigenvalue weighted by Gasteiger charge is 2.25. The minimum absolute atomic E-state index is 0.0525. The van der Waals surface area contributed by atoms with E-state index in [2.05, 4.69) is 27.5 Å². The van der Waals surface area contributed by atoms with Crippen molar-refractivity contribution in [2.45, 2.75) is 45.6 Å². The maximum absolute atomic E-state index is 11.0. The number of quaternary nitrogens is 1. The van der Waals surface area contributed by atoms with E-state index in [1.54, 1.807) is 0 Å². The Labute approximate surface area is 142 Å². The first-order valence-electron chi connectivity index (χ1n) is 8.15. The standard InChI is InChI=1S/C15H30NO3.BF4/c1-5-8-10-16(4,11-9-6-2)12-14(17)13-19-15(18)7-3;2-1(3,4)5/h7,14,17H,3,5-6,8-13H2,1-2,4H3;/q+1;-1. The van der Waals surface area contributed by atoms with Gasteiger partial charge in [-0.3, -0.25) is 0 Å². The molecule has 0 rings (SSSR count). The first kappa shape index (κ1) is 25.2. The van der Waals surface area contributed by atoms with Crippen molar-refractivity contribution in [3.8, 4) is 0 Å². The number of unbranched alkanes of at least 4 members (excludes halogenated alkanes) is 2. The van der Waals surface area contributed by atoms with Crippen molar-refractivity contribution >= 4 is 13.2 Å². The number of esters is 1. The van der Waals surface area contributed by atoms with Gasteiger partial charge in [0, 0.05) is 6.08 Å². The van der Waals surface area contributed by atoms with Crippen LogP contribution in [-0.2, 0) is 9.53 Å². The summed E-state index contributed by atoms with van der Waals surface area (Å²) >= 11 is 0. The minimum atomic E-state index is -6.00. The Morgan fingerprint density at radius 3 is 1.96 bits per heavy atom. The number of halogens is 4. The lowest BCUT2D eigenvalue weighted by Crippen LogP contribution is -2.51. The molecule has 0 saturated carbocycles. The smallest absolute Gasteiger partial charge is 0.460 e. The molecule has 0 heterocycles. The van der Waals surface area contributed by atoms with Crippen LogP contribution in [0.5, 0.6) is 0 Å². The molecule has 0 aliphatic heterocycles. The highest BCUT2D eigenvalue weighted by Crippen LogP contribution is 2.10. The number of aliphatic hydroxyl groups is 1. The Kier molecular flexibility index (Phi) is 13.9. The molecule has 0 radical (unpaired) electrons. The van der Waals surface area contributed by atoms with Gasteiger partial charge < -0.3 is 31.6 Å². The van der Waals surface area contributed by atoms with E-state index in [1.165, 1.54) is 0 Å². The molecule has 0 aromatic carbocycles. The molecule has 144 valence electrons. The normalized spacial score (nSPS) is 12.8. The Morgan fingerprint density at radius 2 is 1.62 bits per heavy atom. The number of likely N-dealkylation sites (N-methyl/N-ethyl adjacent to an activating group) is 1. The molecule has 1 N–H and O–H groups in total. The van der Waals surface area contributed by atoms with Crippen LogP contribution in [0.3, 0.4) is 0 Å². The van der Waals surface area contributed by atoms with Gasteiger partial charge in [-0.15, -0.1) is 0 Å². The molecule has 0 bridgehead atoms. The van der Waals surface area contributed by atoms with Gasteiger partial charge in [-0.05, 0) is 12.8 Å². The van der Waals surface area contributed by atoms with Gasteiger partial charge in [0.05, 0.1) is 20.1 Å². The number of carbonyl (C=O) groups is 1. The Hall–Kier alpha value is -1.09. The van der Waals surface area contributed by atoms with Gasteiger partial charge in [-0.2, -0.15) is 0 Å². The molecular formula is C15H30BF4NO3. The van der Waals surface area contributed by atoms with Gasteiger partial charge in [0.2, 0.25) is 0 Å². The van der Waals surface area contributed by atoms with Crippen molar-refractivity contribution in [3.63, 3.8) is 0 Å². The summed E-state index contributed by atoms with van der Waals surface area (Å²) in [7, 11) is -3.83. The fourth-order valence-electron chi connectivity index (χ4n) is 2.17. The summed E-state index contributed by atoms with van der Waals surface area (Å²) in [6, 6.07) is 0. The monoisotopic (exact) mass is 359 g/mol. The third-order valence-electron chi connectivity index (χ3n) is 3.34. The largest absolute Gasteiger partial charge is 0.673 e. The van der Waals surface area contributed by atoms with Crippen LogP contribution in [0.4, 0.5) is 17.3 Å². The maximum Gasteiger partial charge on any atom is 0.673 e. The lowest BCUT2D eigenvalue weighted by atomic mass is 10.2. The molecule has 0 spiro atoms. The number of rotatable bonds is 11. The lowest BCUT2D eigenvalue weighted by molar-refractivity contribution is -0.913. The highest BCUT2D eigenvalue weighted by molar-refractivity contribution is 6.50. The van der Waals surface area contributed by atoms with Crippen LogP contribution >= 0.6 is 0 Å². The maximum atomic E-state index is 11.0. The zero-order chi connectivity index (χ0) is 19.2. The van der Waals surface area contributed by atoms with Gasteiger partial charge in [0.1, 0.15) is 19.3 Å². The van der Waals surface area contributed by atoms with Crippen LogP contribution < -0.4 is 0 Å². The average Bonchev–Trinajstić information content (AvgIpc) is 2.47. The Balaban J connectivity index is 0. The highest BCUT2D eigenvalue weighted by atomic mass is 19.5. The van der Waals surface area contributed by atoms with Crippen molar-refractivity contribution < 1.29 is 36.4 Å². The second-order valence-electron chi connectivity index (χ2n) is 5.94. The van der Waals surface area contributed by atoms with Crippen molar-refractivity contribution in [1.82, 2.24) is 0 Å². The number of hydrogen-bond acceptors (Lipinski definition) is 3. The van der Waals surface area contributed by atoms with Gasteiger partial charge in [0.25, 0.3) is 0 Å². The second kappa shape index (κ2) is 13.2. The predicted octanol–water partition coefficient (Wildman–Crippen LogP) is 3.42. The summed E-state index contributed by atoms with van der Waals surface area (Å²) in [5, 5.41) is 10.0. The van der Waals surface area contributed by atoms with Crippen LogP contribution in [0.2, 0.25) is 0 Å². The molecule has 0 aromatic rings. The quantitative estimate of drug-likeness (QED) is 0.202. The molecule has 0 fully saturated rings. The number of ether oxygens (including phenoxy) is 1. The lowest BCUT2D eigenvalue weighted by Gasteiger charge is -2.36. The van der Waals surface area contributed by atoms with Gasteiger partial charge in [0.15, 0.2) is 0 Å². The molecule has 0 aliphatic carbocycles. The summed E-state index contributed by atoms with van der Waals surface area (Å²) in [6.45, 7) is 10.5. The zero-order valence-electron chi connectivity index (χ0n) is 14.8. The van der Waals surface area contributed by atoms with E-state index >= 15 is 0 Å². The van der Waals surface area contributed by atoms with Crippen LogP contribution in [0, 0.1) is 0 Å². The molecule has 0 saturated heterocycles. The van der Waals surface area contributed by atoms with E-state index in [0.717, 1.165) is 49.3 Å². The van der Waals surface area contributed by atoms with Crippen molar-refractivity contribution in [2.24, 2.45) is 0 Å². The molecule has 1 atom stereocenters. The summed E-state index contributed by atoms with van der Waals surface area (Å²) in [5.74, 6) is -0.477. The zero-order valence-corrected chi connectivity index (χ0v) is 14.8. The third kappa shape index (κ3) is 19.0. The second-order valence-corrected chi connectivity index (χ2v) is 5.94. The molecule has 0 aromatic heterocycles. The van der Waals surface area contributed by atoms with Crippen LogP contribution in [-0.4, -0.2) is 62.2 Å². The van der Waals surface area contributed by atoms with Crippen molar-refractivity contribution in [3.05, 3.63) is 12.7 Å². The molecule has 9 heteroatoms. The SMILES string of the molecule is C=CC(=O)OCC(O)C[N+](C)(CCCC)CCCC.F[B-](F)(F)F. The molecule has 0 aliphatic rings. The van der Waals surface area contributed by atoms with E-state index in [1.807, 2.05) is 0 Å². The Bertz CT molecular complexity index is 340. The van der Waals surface area contributed by atoms with Gasteiger partial charge >= 0.3 is 13.2 Å². The molecule has 4 nitrogen and oxygen atoms in total. The minimum Gasteiger partial charge on any atom is -0.460 e. The summed E-state index contributed by atoms with van der Waals surface area (Å²) in [4.78, 5) is 11.0. The van der Waals surface area contributed by atoms with Crippen LogP contribution in [0.15, 0.2) is 12.7 Å². The van der Waals surface area contributed by atoms with Gasteiger partial charge in [-0.25, -0.2) is 4.79 Å². The number of carbonyl (C=O) groups excluding carboxylic acids is 1.